The van der Waals surface area contributed by atoms with Crippen molar-refractivity contribution in [3.63, 3.8) is 0 Å². The highest BCUT2D eigenvalue weighted by Gasteiger charge is 2.12. The smallest absolute Gasteiger partial charge is 0.423 e. The van der Waals surface area contributed by atoms with Crippen LogP contribution in [0.1, 0.15) is 31.5 Å². The van der Waals surface area contributed by atoms with Gasteiger partial charge in [0.2, 0.25) is 0 Å². The van der Waals surface area contributed by atoms with Crippen molar-refractivity contribution in [1.82, 2.24) is 4.57 Å². The van der Waals surface area contributed by atoms with Gasteiger partial charge in [-0.2, -0.15) is 0 Å². The number of hydrogen-bond acceptors (Lipinski definition) is 2. The molecule has 0 bridgehead atoms. The van der Waals surface area contributed by atoms with E-state index in [1.165, 1.54) is 22.2 Å². The van der Waals surface area contributed by atoms with E-state index in [1.807, 2.05) is 12.1 Å². The number of hydrogen-bond donors (Lipinski definition) is 2. The Labute approximate surface area is 143 Å². The van der Waals surface area contributed by atoms with Crippen molar-refractivity contribution in [1.29, 1.82) is 0 Å². The van der Waals surface area contributed by atoms with E-state index in [0.717, 1.165) is 19.4 Å². The molecule has 0 fully saturated rings. The minimum Gasteiger partial charge on any atom is -0.423 e. The Morgan fingerprint density at radius 1 is 1.00 bits per heavy atom. The van der Waals surface area contributed by atoms with Gasteiger partial charge in [-0.05, 0) is 40.9 Å². The lowest BCUT2D eigenvalue weighted by Gasteiger charge is -2.13. The molecule has 0 aliphatic rings. The largest absolute Gasteiger partial charge is 0.488 e. The number of benzene rings is 2. The van der Waals surface area contributed by atoms with Gasteiger partial charge in [-0.15, -0.1) is 0 Å². The fourth-order valence-corrected chi connectivity index (χ4v) is 3.08. The molecule has 2 aromatic carbocycles. The van der Waals surface area contributed by atoms with Crippen LogP contribution in [-0.4, -0.2) is 21.7 Å². The van der Waals surface area contributed by atoms with E-state index < -0.39 is 7.12 Å². The van der Waals surface area contributed by atoms with Crippen LogP contribution in [0.3, 0.4) is 0 Å². The number of fused-ring (bicyclic) bond motifs is 1. The van der Waals surface area contributed by atoms with E-state index in [9.17, 15) is 10.0 Å². The summed E-state index contributed by atoms with van der Waals surface area (Å²) in [5.41, 5.74) is 4.29. The molecular formula is C20H24BNO2. The molecule has 4 heteroatoms. The third kappa shape index (κ3) is 3.71. The van der Waals surface area contributed by atoms with E-state index in [-0.39, 0.29) is 0 Å². The first-order valence-corrected chi connectivity index (χ1v) is 8.56. The van der Waals surface area contributed by atoms with Crippen LogP contribution >= 0.6 is 0 Å². The molecule has 2 N–H and O–H groups in total. The highest BCUT2D eigenvalue weighted by molar-refractivity contribution is 6.58. The number of para-hydroxylation sites is 1. The Morgan fingerprint density at radius 3 is 2.38 bits per heavy atom. The molecule has 0 radical (unpaired) electrons. The van der Waals surface area contributed by atoms with Crippen LogP contribution in [0.15, 0.2) is 54.6 Å². The molecule has 1 aromatic heterocycles. The van der Waals surface area contributed by atoms with E-state index >= 15 is 0 Å². The molecule has 0 atom stereocenters. The fourth-order valence-electron chi connectivity index (χ4n) is 3.08. The molecule has 0 amide bonds. The third-order valence-corrected chi connectivity index (χ3v) is 4.49. The molecule has 0 saturated heterocycles. The average Bonchev–Trinajstić information content (AvgIpc) is 2.90. The van der Waals surface area contributed by atoms with Crippen LogP contribution in [0.5, 0.6) is 0 Å². The Hall–Kier alpha value is -2.04. The second-order valence-electron chi connectivity index (χ2n) is 6.82. The second-order valence-corrected chi connectivity index (χ2v) is 6.82. The van der Waals surface area contributed by atoms with Crippen LogP contribution in [0.4, 0.5) is 0 Å². The maximum atomic E-state index is 9.22. The molecular weight excluding hydrogens is 297 g/mol. The molecule has 0 aliphatic heterocycles. The molecule has 1 heterocycles. The van der Waals surface area contributed by atoms with Gasteiger partial charge in [0.25, 0.3) is 0 Å². The van der Waals surface area contributed by atoms with Gasteiger partial charge in [0, 0.05) is 24.2 Å². The van der Waals surface area contributed by atoms with E-state index in [2.05, 4.69) is 48.7 Å². The zero-order valence-corrected chi connectivity index (χ0v) is 14.3. The maximum absolute atomic E-state index is 9.22. The summed E-state index contributed by atoms with van der Waals surface area (Å²) in [7, 11) is -1.41. The minimum absolute atomic E-state index is 0.527. The van der Waals surface area contributed by atoms with Crippen molar-refractivity contribution in [2.24, 2.45) is 5.92 Å². The molecule has 0 unspecified atom stereocenters. The lowest BCUT2D eigenvalue weighted by molar-refractivity contribution is 0.426. The highest BCUT2D eigenvalue weighted by atomic mass is 16.4. The van der Waals surface area contributed by atoms with Gasteiger partial charge in [-0.3, -0.25) is 0 Å². The van der Waals surface area contributed by atoms with Gasteiger partial charge in [-0.25, -0.2) is 0 Å². The van der Waals surface area contributed by atoms with Crippen LogP contribution < -0.4 is 5.46 Å². The highest BCUT2D eigenvalue weighted by Crippen LogP contribution is 2.23. The molecule has 0 spiro atoms. The first-order chi connectivity index (χ1) is 11.5. The normalized spacial score (nSPS) is 11.4. The summed E-state index contributed by atoms with van der Waals surface area (Å²) in [5.74, 6) is 0.671. The Bertz CT molecular complexity index is 806. The minimum atomic E-state index is -1.41. The number of nitrogens with zero attached hydrogens (tertiary/aromatic N) is 1. The van der Waals surface area contributed by atoms with Crippen molar-refractivity contribution in [3.05, 3.63) is 65.9 Å². The number of aromatic nitrogens is 1. The van der Waals surface area contributed by atoms with Crippen molar-refractivity contribution in [2.45, 2.75) is 33.2 Å². The lowest BCUT2D eigenvalue weighted by Crippen LogP contribution is -2.29. The summed E-state index contributed by atoms with van der Waals surface area (Å²) in [4.78, 5) is 0. The zero-order valence-electron chi connectivity index (χ0n) is 14.3. The molecule has 3 rings (SSSR count). The van der Waals surface area contributed by atoms with Gasteiger partial charge in [0.15, 0.2) is 0 Å². The van der Waals surface area contributed by atoms with Crippen molar-refractivity contribution in [2.75, 3.05) is 0 Å². The predicted molar refractivity (Wildman–Crippen MR) is 100 cm³/mol. The zero-order chi connectivity index (χ0) is 17.1. The first kappa shape index (κ1) is 16.8. The van der Waals surface area contributed by atoms with Crippen molar-refractivity contribution < 1.29 is 10.0 Å². The molecule has 0 saturated carbocycles. The van der Waals surface area contributed by atoms with Crippen LogP contribution in [-0.2, 0) is 13.0 Å². The Morgan fingerprint density at radius 2 is 1.71 bits per heavy atom. The maximum Gasteiger partial charge on any atom is 0.488 e. The van der Waals surface area contributed by atoms with E-state index in [0.29, 0.717) is 11.4 Å². The summed E-state index contributed by atoms with van der Waals surface area (Å²) in [6.45, 7) is 5.53. The van der Waals surface area contributed by atoms with Gasteiger partial charge < -0.3 is 14.6 Å². The van der Waals surface area contributed by atoms with E-state index in [1.54, 1.807) is 12.1 Å². The van der Waals surface area contributed by atoms with Gasteiger partial charge in [0.1, 0.15) is 0 Å². The number of aryl methyl sites for hydroxylation is 1. The second kappa shape index (κ2) is 7.24. The predicted octanol–water partition coefficient (Wildman–Crippen LogP) is 2.96. The van der Waals surface area contributed by atoms with E-state index in [4.69, 9.17) is 0 Å². The molecule has 3 nitrogen and oxygen atoms in total. The topological polar surface area (TPSA) is 45.4 Å². The quantitative estimate of drug-likeness (QED) is 0.686. The standard InChI is InChI=1S/C20H24BNO2/c1-15(2)11-12-22-19(14-17-5-3-4-6-20(17)22)13-16-7-9-18(10-8-16)21(23)24/h3-10,14-15,23-24H,11-13H2,1-2H3. The van der Waals surface area contributed by atoms with Crippen molar-refractivity contribution >= 4 is 23.5 Å². The summed E-state index contributed by atoms with van der Waals surface area (Å²) in [6, 6.07) is 18.3. The van der Waals surface area contributed by atoms with Crippen LogP contribution in [0.25, 0.3) is 10.9 Å². The summed E-state index contributed by atoms with van der Waals surface area (Å²) < 4.78 is 2.42. The summed E-state index contributed by atoms with van der Waals surface area (Å²) >= 11 is 0. The van der Waals surface area contributed by atoms with Gasteiger partial charge >= 0.3 is 7.12 Å². The molecule has 24 heavy (non-hydrogen) atoms. The Balaban J connectivity index is 1.91. The summed E-state index contributed by atoms with van der Waals surface area (Å²) in [5, 5.41) is 19.7. The fraction of sp³-hybridized carbons (Fsp3) is 0.300. The third-order valence-electron chi connectivity index (χ3n) is 4.49. The molecule has 3 aromatic rings. The monoisotopic (exact) mass is 321 g/mol. The molecule has 124 valence electrons. The SMILES string of the molecule is CC(C)CCn1c(Cc2ccc(B(O)O)cc2)cc2ccccc21. The molecule has 0 aliphatic carbocycles. The first-order valence-electron chi connectivity index (χ1n) is 8.56. The van der Waals surface area contributed by atoms with Crippen molar-refractivity contribution in [3.8, 4) is 0 Å². The summed E-state index contributed by atoms with van der Waals surface area (Å²) in [6.07, 6.45) is 2.00. The Kier molecular flexibility index (Phi) is 5.07. The lowest BCUT2D eigenvalue weighted by atomic mass is 9.80. The average molecular weight is 321 g/mol. The van der Waals surface area contributed by atoms with Gasteiger partial charge in [-0.1, -0.05) is 56.3 Å². The van der Waals surface area contributed by atoms with Crippen LogP contribution in [0, 0.1) is 5.92 Å². The number of rotatable bonds is 6. The van der Waals surface area contributed by atoms with Crippen LogP contribution in [0.2, 0.25) is 0 Å². The van der Waals surface area contributed by atoms with Gasteiger partial charge in [0.05, 0.1) is 0 Å².